The van der Waals surface area contributed by atoms with Gasteiger partial charge in [-0.05, 0) is 101 Å². The minimum Gasteiger partial charge on any atom is -0.493 e. The van der Waals surface area contributed by atoms with Crippen LogP contribution in [0.25, 0.3) is 22.6 Å². The van der Waals surface area contributed by atoms with Crippen molar-refractivity contribution in [2.45, 2.75) is 64.5 Å². The van der Waals surface area contributed by atoms with Gasteiger partial charge < -0.3 is 23.8 Å². The lowest BCUT2D eigenvalue weighted by molar-refractivity contribution is 0.139. The first kappa shape index (κ1) is 25.6. The molecule has 2 unspecified atom stereocenters. The molecule has 4 heterocycles. The maximum atomic E-state index is 5.53. The largest absolute Gasteiger partial charge is 0.493 e. The molecule has 2 atom stereocenters. The van der Waals surface area contributed by atoms with Crippen molar-refractivity contribution in [3.63, 3.8) is 0 Å². The number of benzene rings is 1. The fourth-order valence-electron chi connectivity index (χ4n) is 7.35. The van der Waals surface area contributed by atoms with E-state index in [0.717, 1.165) is 46.2 Å². The third-order valence-corrected chi connectivity index (χ3v) is 9.63. The Balaban J connectivity index is 1.16. The highest BCUT2D eigenvalue weighted by Gasteiger charge is 2.43. The van der Waals surface area contributed by atoms with Crippen molar-refractivity contribution in [3.05, 3.63) is 35.5 Å². The monoisotopic (exact) mass is 517 g/mol. The van der Waals surface area contributed by atoms with Crippen LogP contribution in [0, 0.1) is 18.8 Å². The molecule has 38 heavy (non-hydrogen) atoms. The summed E-state index contributed by atoms with van der Waals surface area (Å²) in [4.78, 5) is 15.7. The van der Waals surface area contributed by atoms with Crippen molar-refractivity contribution in [2.24, 2.45) is 18.9 Å². The molecule has 0 radical (unpaired) electrons. The van der Waals surface area contributed by atoms with E-state index in [2.05, 4.69) is 48.3 Å². The molecule has 2 aliphatic heterocycles. The van der Waals surface area contributed by atoms with E-state index >= 15 is 0 Å². The SMILES string of the molecule is COc1ccc(-c2nc3c(C)cc(C4CCN(C5CC6CN(C(C)C)CC6C5)CC4)nc3n2C)cc1OC. The Hall–Kier alpha value is -2.64. The molecule has 0 bridgehead atoms. The van der Waals surface area contributed by atoms with Gasteiger partial charge in [-0.2, -0.15) is 0 Å². The van der Waals surface area contributed by atoms with Gasteiger partial charge in [-0.1, -0.05) is 0 Å². The van der Waals surface area contributed by atoms with Crippen LogP contribution in [0.15, 0.2) is 24.3 Å². The van der Waals surface area contributed by atoms with Crippen molar-refractivity contribution >= 4 is 11.2 Å². The average molecular weight is 518 g/mol. The van der Waals surface area contributed by atoms with Crippen LogP contribution in [0.5, 0.6) is 11.5 Å². The molecule has 3 aliphatic rings. The predicted octanol–water partition coefficient (Wildman–Crippen LogP) is 5.26. The quantitative estimate of drug-likeness (QED) is 0.445. The minimum atomic E-state index is 0.520. The van der Waals surface area contributed by atoms with E-state index in [0.29, 0.717) is 17.7 Å². The van der Waals surface area contributed by atoms with Crippen LogP contribution in [-0.2, 0) is 7.05 Å². The molecular weight excluding hydrogens is 474 g/mol. The van der Waals surface area contributed by atoms with Gasteiger partial charge in [0.1, 0.15) is 11.3 Å². The number of ether oxygens (including phenoxy) is 2. The molecule has 3 aromatic rings. The van der Waals surface area contributed by atoms with Crippen LogP contribution in [0.4, 0.5) is 0 Å². The number of hydrogen-bond acceptors (Lipinski definition) is 6. The summed E-state index contributed by atoms with van der Waals surface area (Å²) >= 11 is 0. The zero-order chi connectivity index (χ0) is 26.6. The maximum absolute atomic E-state index is 5.53. The Morgan fingerprint density at radius 2 is 1.61 bits per heavy atom. The summed E-state index contributed by atoms with van der Waals surface area (Å²) < 4.78 is 13.1. The molecule has 6 rings (SSSR count). The molecule has 2 aromatic heterocycles. The zero-order valence-corrected chi connectivity index (χ0v) is 23.9. The maximum Gasteiger partial charge on any atom is 0.161 e. The normalized spacial score (nSPS) is 25.0. The van der Waals surface area contributed by atoms with Gasteiger partial charge in [0.05, 0.1) is 14.2 Å². The molecule has 0 amide bonds. The van der Waals surface area contributed by atoms with E-state index in [1.54, 1.807) is 14.2 Å². The van der Waals surface area contributed by atoms with Crippen LogP contribution >= 0.6 is 0 Å². The highest BCUT2D eigenvalue weighted by atomic mass is 16.5. The minimum absolute atomic E-state index is 0.520. The lowest BCUT2D eigenvalue weighted by Crippen LogP contribution is -2.41. The Kier molecular flexibility index (Phi) is 6.85. The van der Waals surface area contributed by atoms with Gasteiger partial charge in [-0.15, -0.1) is 0 Å². The number of piperidine rings is 1. The molecule has 7 nitrogen and oxygen atoms in total. The first-order valence-corrected chi connectivity index (χ1v) is 14.4. The summed E-state index contributed by atoms with van der Waals surface area (Å²) in [6.07, 6.45) is 5.19. The average Bonchev–Trinajstić information content (AvgIpc) is 3.61. The summed E-state index contributed by atoms with van der Waals surface area (Å²) in [6, 6.07) is 9.73. The van der Waals surface area contributed by atoms with Gasteiger partial charge in [0.15, 0.2) is 17.1 Å². The molecule has 3 fully saturated rings. The van der Waals surface area contributed by atoms with Crippen molar-refractivity contribution in [3.8, 4) is 22.9 Å². The number of fused-ring (bicyclic) bond motifs is 2. The summed E-state index contributed by atoms with van der Waals surface area (Å²) in [7, 11) is 5.39. The molecular formula is C31H43N5O2. The molecule has 0 spiro atoms. The van der Waals surface area contributed by atoms with Gasteiger partial charge in [-0.3, -0.25) is 0 Å². The lowest BCUT2D eigenvalue weighted by atomic mass is 9.91. The third-order valence-electron chi connectivity index (χ3n) is 9.63. The number of nitrogens with zero attached hydrogens (tertiary/aromatic N) is 5. The zero-order valence-electron chi connectivity index (χ0n) is 23.9. The summed E-state index contributed by atoms with van der Waals surface area (Å²) in [5, 5.41) is 0. The molecule has 2 saturated heterocycles. The van der Waals surface area contributed by atoms with E-state index in [9.17, 15) is 0 Å². The Morgan fingerprint density at radius 3 is 2.24 bits per heavy atom. The topological polar surface area (TPSA) is 55.7 Å². The molecule has 1 saturated carbocycles. The number of aryl methyl sites for hydroxylation is 2. The second-order valence-electron chi connectivity index (χ2n) is 12.1. The number of pyridine rings is 1. The van der Waals surface area contributed by atoms with Crippen LogP contribution in [0.1, 0.15) is 56.7 Å². The number of rotatable bonds is 6. The molecule has 1 aromatic carbocycles. The van der Waals surface area contributed by atoms with Crippen molar-refractivity contribution < 1.29 is 9.47 Å². The van der Waals surface area contributed by atoms with Gasteiger partial charge >= 0.3 is 0 Å². The van der Waals surface area contributed by atoms with Crippen LogP contribution < -0.4 is 9.47 Å². The Bertz CT molecular complexity index is 1300. The Labute approximate surface area is 227 Å². The molecule has 0 N–H and O–H groups in total. The van der Waals surface area contributed by atoms with Crippen LogP contribution in [0.2, 0.25) is 0 Å². The second-order valence-corrected chi connectivity index (χ2v) is 12.1. The van der Waals surface area contributed by atoms with Gasteiger partial charge in [0.25, 0.3) is 0 Å². The van der Waals surface area contributed by atoms with Gasteiger partial charge in [0.2, 0.25) is 0 Å². The third kappa shape index (κ3) is 4.47. The fraction of sp³-hybridized carbons (Fsp3) is 0.613. The van der Waals surface area contributed by atoms with E-state index in [4.69, 9.17) is 19.4 Å². The first-order chi connectivity index (χ1) is 18.4. The highest BCUT2D eigenvalue weighted by Crippen LogP contribution is 2.42. The number of methoxy groups -OCH3 is 2. The van der Waals surface area contributed by atoms with Crippen LogP contribution in [0.3, 0.4) is 0 Å². The number of imidazole rings is 1. The van der Waals surface area contributed by atoms with Crippen molar-refractivity contribution in [1.29, 1.82) is 0 Å². The van der Waals surface area contributed by atoms with Gasteiger partial charge in [0, 0.05) is 49.4 Å². The molecule has 1 aliphatic carbocycles. The summed E-state index contributed by atoms with van der Waals surface area (Å²) in [5.41, 5.74) is 5.37. The second kappa shape index (κ2) is 10.2. The van der Waals surface area contributed by atoms with E-state index in [1.165, 1.54) is 63.1 Å². The molecule has 204 valence electrons. The molecule has 7 heteroatoms. The smallest absolute Gasteiger partial charge is 0.161 e. The fourth-order valence-corrected chi connectivity index (χ4v) is 7.35. The first-order valence-electron chi connectivity index (χ1n) is 14.4. The lowest BCUT2D eigenvalue weighted by Gasteiger charge is -2.36. The van der Waals surface area contributed by atoms with E-state index < -0.39 is 0 Å². The standard InChI is InChI=1S/C31H43N5O2/c1-19(2)36-17-23-14-25(15-24(23)18-36)35-11-9-21(10-12-35)26-13-20(3)29-31(32-26)34(4)30(33-29)22-7-8-27(37-5)28(16-22)38-6/h7-8,13,16,19,21,23-25H,9-12,14-15,17-18H2,1-6H3. The number of likely N-dealkylation sites (tertiary alicyclic amines) is 2. The number of hydrogen-bond donors (Lipinski definition) is 0. The number of aromatic nitrogens is 3. The summed E-state index contributed by atoms with van der Waals surface area (Å²) in [6.45, 7) is 11.9. The highest BCUT2D eigenvalue weighted by molar-refractivity contribution is 5.81. The van der Waals surface area contributed by atoms with Crippen molar-refractivity contribution in [2.75, 3.05) is 40.4 Å². The van der Waals surface area contributed by atoms with Crippen LogP contribution in [-0.4, -0.2) is 76.8 Å². The van der Waals surface area contributed by atoms with E-state index in [1.807, 2.05) is 18.2 Å². The predicted molar refractivity (Wildman–Crippen MR) is 152 cm³/mol. The summed E-state index contributed by atoms with van der Waals surface area (Å²) in [5.74, 6) is 4.67. The van der Waals surface area contributed by atoms with E-state index in [-0.39, 0.29) is 0 Å². The Morgan fingerprint density at radius 1 is 0.921 bits per heavy atom. The van der Waals surface area contributed by atoms with Gasteiger partial charge in [-0.25, -0.2) is 9.97 Å². The van der Waals surface area contributed by atoms with Crippen molar-refractivity contribution in [1.82, 2.24) is 24.3 Å².